The predicted octanol–water partition coefficient (Wildman–Crippen LogP) is 3.97. The van der Waals surface area contributed by atoms with Gasteiger partial charge < -0.3 is 14.6 Å². The van der Waals surface area contributed by atoms with Crippen molar-refractivity contribution in [3.8, 4) is 5.75 Å². The molecule has 1 aromatic carbocycles. The Morgan fingerprint density at radius 2 is 2.04 bits per heavy atom. The van der Waals surface area contributed by atoms with Crippen LogP contribution in [0.15, 0.2) is 30.5 Å². The van der Waals surface area contributed by atoms with E-state index in [2.05, 4.69) is 9.88 Å². The third-order valence-electron chi connectivity index (χ3n) is 5.47. The van der Waals surface area contributed by atoms with E-state index < -0.39 is 0 Å². The number of amides is 1. The minimum Gasteiger partial charge on any atom is -0.482 e. The van der Waals surface area contributed by atoms with Crippen molar-refractivity contribution >= 4 is 16.8 Å². The van der Waals surface area contributed by atoms with Gasteiger partial charge in [0.1, 0.15) is 5.75 Å². The van der Waals surface area contributed by atoms with Crippen molar-refractivity contribution in [2.75, 3.05) is 13.2 Å². The smallest absolute Gasteiger partial charge is 0.260 e. The van der Waals surface area contributed by atoms with Crippen molar-refractivity contribution in [1.29, 1.82) is 0 Å². The van der Waals surface area contributed by atoms with Gasteiger partial charge in [-0.15, -0.1) is 0 Å². The van der Waals surface area contributed by atoms with Crippen molar-refractivity contribution in [3.63, 3.8) is 0 Å². The second kappa shape index (κ2) is 6.26. The van der Waals surface area contributed by atoms with E-state index in [0.29, 0.717) is 6.04 Å². The number of aromatic amines is 1. The molecule has 2 atom stereocenters. The van der Waals surface area contributed by atoms with Gasteiger partial charge in [-0.2, -0.15) is 0 Å². The number of H-pyrrole nitrogens is 1. The molecule has 4 nitrogen and oxygen atoms in total. The fraction of sp³-hybridized carbons (Fsp3) is 0.526. The lowest BCUT2D eigenvalue weighted by Gasteiger charge is -2.44. The molecule has 1 aromatic heterocycles. The fourth-order valence-electron chi connectivity index (χ4n) is 4.32. The van der Waals surface area contributed by atoms with Crippen LogP contribution in [-0.2, 0) is 4.79 Å². The Hall–Kier alpha value is -1.97. The molecule has 1 aliphatic heterocycles. The number of rotatable bonds is 3. The largest absolute Gasteiger partial charge is 0.482 e. The summed E-state index contributed by atoms with van der Waals surface area (Å²) in [4.78, 5) is 18.0. The van der Waals surface area contributed by atoms with Gasteiger partial charge in [0.15, 0.2) is 6.61 Å². The van der Waals surface area contributed by atoms with Gasteiger partial charge in [0.2, 0.25) is 0 Å². The molecule has 2 fully saturated rings. The number of aromatic nitrogens is 1. The van der Waals surface area contributed by atoms with Crippen LogP contribution in [0, 0.1) is 5.92 Å². The quantitative estimate of drug-likeness (QED) is 0.931. The molecule has 1 amide bonds. The normalized spacial score (nSPS) is 24.4. The number of carbonyl (C=O) groups is 1. The molecule has 124 valence electrons. The van der Waals surface area contributed by atoms with Crippen LogP contribution in [0.1, 0.15) is 40.0 Å². The number of hydrogen-bond donors (Lipinski definition) is 1. The van der Waals surface area contributed by atoms with Crippen LogP contribution < -0.4 is 4.74 Å². The van der Waals surface area contributed by atoms with Crippen LogP contribution >= 0.6 is 0 Å². The summed E-state index contributed by atoms with van der Waals surface area (Å²) in [5.41, 5.74) is 1.04. The van der Waals surface area contributed by atoms with E-state index in [1.54, 1.807) is 0 Å². The monoisotopic (exact) mass is 314 g/mol. The molecule has 23 heavy (non-hydrogen) atoms. The highest BCUT2D eigenvalue weighted by molar-refractivity contribution is 5.86. The highest BCUT2D eigenvalue weighted by Crippen LogP contribution is 2.35. The predicted molar refractivity (Wildman–Crippen MR) is 92.6 cm³/mol. The first-order valence-corrected chi connectivity index (χ1v) is 8.81. The molecule has 2 unspecified atom stereocenters. The van der Waals surface area contributed by atoms with E-state index in [4.69, 9.17) is 4.74 Å². The Kier molecular flexibility index (Phi) is 3.98. The molecule has 0 bridgehead atoms. The van der Waals surface area contributed by atoms with E-state index in [1.807, 2.05) is 30.5 Å². The maximum Gasteiger partial charge on any atom is 0.260 e. The van der Waals surface area contributed by atoms with Gasteiger partial charge in [-0.25, -0.2) is 0 Å². The first-order valence-electron chi connectivity index (χ1n) is 8.81. The maximum absolute atomic E-state index is 12.7. The van der Waals surface area contributed by atoms with Crippen molar-refractivity contribution < 1.29 is 11.0 Å². The van der Waals surface area contributed by atoms with Crippen LogP contribution in [0.5, 0.6) is 5.75 Å². The zero-order valence-electron chi connectivity index (χ0n) is 13.5. The second-order valence-electron chi connectivity index (χ2n) is 6.83. The Morgan fingerprint density at radius 1 is 1.22 bits per heavy atom. The van der Waals surface area contributed by atoms with Gasteiger partial charge in [-0.1, -0.05) is 25.0 Å². The molecule has 1 saturated carbocycles. The number of piperidine rings is 1. The van der Waals surface area contributed by atoms with E-state index in [-0.39, 0.29) is 13.9 Å². The lowest BCUT2D eigenvalue weighted by atomic mass is 9.78. The average Bonchev–Trinajstić information content (AvgIpc) is 3.02. The number of nitrogens with zero attached hydrogens (tertiary/aromatic N) is 1. The standard InChI is InChI=1S/C19H24N2O2.H2/c22-19(21-11-5-7-14-6-1-4-10-17(14)21)13-23-18-12-20-16-9-3-2-8-15(16)18;/h2-3,8-9,12,14,17,20H,1,4-7,10-11,13H2;1H. The van der Waals surface area contributed by atoms with Crippen molar-refractivity contribution in [2.45, 2.75) is 44.6 Å². The molecule has 2 heterocycles. The third kappa shape index (κ3) is 2.82. The summed E-state index contributed by atoms with van der Waals surface area (Å²) in [5.74, 6) is 1.63. The summed E-state index contributed by atoms with van der Waals surface area (Å²) >= 11 is 0. The van der Waals surface area contributed by atoms with Gasteiger partial charge in [-0.3, -0.25) is 4.79 Å². The number of benzene rings is 1. The molecule has 1 N–H and O–H groups in total. The number of carbonyl (C=O) groups excluding carboxylic acids is 1. The average molecular weight is 314 g/mol. The molecule has 0 radical (unpaired) electrons. The summed E-state index contributed by atoms with van der Waals surface area (Å²) in [5, 5.41) is 1.04. The summed E-state index contributed by atoms with van der Waals surface area (Å²) in [7, 11) is 0. The zero-order chi connectivity index (χ0) is 15.6. The summed E-state index contributed by atoms with van der Waals surface area (Å²) in [6.07, 6.45) is 9.32. The van der Waals surface area contributed by atoms with Crippen LogP contribution in [-0.4, -0.2) is 35.0 Å². The van der Waals surface area contributed by atoms with Crippen LogP contribution in [0.4, 0.5) is 0 Å². The molecular weight excluding hydrogens is 288 g/mol. The Labute approximate surface area is 138 Å². The van der Waals surface area contributed by atoms with Crippen molar-refractivity contribution in [1.82, 2.24) is 9.88 Å². The van der Waals surface area contributed by atoms with Crippen LogP contribution in [0.25, 0.3) is 10.9 Å². The number of ether oxygens (including phenoxy) is 1. The van der Waals surface area contributed by atoms with Gasteiger partial charge >= 0.3 is 0 Å². The molecule has 4 heteroatoms. The first kappa shape index (κ1) is 14.6. The fourth-order valence-corrected chi connectivity index (χ4v) is 4.32. The number of hydrogen-bond acceptors (Lipinski definition) is 2. The van der Waals surface area contributed by atoms with E-state index in [0.717, 1.165) is 35.5 Å². The third-order valence-corrected chi connectivity index (χ3v) is 5.47. The lowest BCUT2D eigenvalue weighted by molar-refractivity contribution is -0.139. The van der Waals surface area contributed by atoms with Gasteiger partial charge in [0.05, 0.1) is 0 Å². The van der Waals surface area contributed by atoms with Crippen LogP contribution in [0.2, 0.25) is 0 Å². The number of nitrogens with one attached hydrogen (secondary N) is 1. The number of likely N-dealkylation sites (tertiary alicyclic amines) is 1. The minimum absolute atomic E-state index is 0. The number of para-hydroxylation sites is 1. The first-order chi connectivity index (χ1) is 11.3. The van der Waals surface area contributed by atoms with Crippen molar-refractivity contribution in [3.05, 3.63) is 30.5 Å². The molecule has 4 rings (SSSR count). The summed E-state index contributed by atoms with van der Waals surface area (Å²) in [6.45, 7) is 1.04. The molecule has 0 spiro atoms. The van der Waals surface area contributed by atoms with E-state index >= 15 is 0 Å². The topological polar surface area (TPSA) is 45.3 Å². The zero-order valence-corrected chi connectivity index (χ0v) is 13.5. The highest BCUT2D eigenvalue weighted by Gasteiger charge is 2.35. The molecular formula is C19H26N2O2. The van der Waals surface area contributed by atoms with Crippen molar-refractivity contribution in [2.24, 2.45) is 5.92 Å². The maximum atomic E-state index is 12.7. The van der Waals surface area contributed by atoms with E-state index in [1.165, 1.54) is 32.1 Å². The molecule has 1 saturated heterocycles. The van der Waals surface area contributed by atoms with Gasteiger partial charge in [0, 0.05) is 31.1 Å². The second-order valence-corrected chi connectivity index (χ2v) is 6.83. The Morgan fingerprint density at radius 3 is 3.00 bits per heavy atom. The Balaban J connectivity index is 0.00000169. The van der Waals surface area contributed by atoms with E-state index in [9.17, 15) is 4.79 Å². The summed E-state index contributed by atoms with van der Waals surface area (Å²) < 4.78 is 5.83. The van der Waals surface area contributed by atoms with Crippen LogP contribution in [0.3, 0.4) is 0 Å². The van der Waals surface area contributed by atoms with Gasteiger partial charge in [-0.05, 0) is 43.7 Å². The molecule has 2 aromatic rings. The lowest BCUT2D eigenvalue weighted by Crippen LogP contribution is -2.51. The minimum atomic E-state index is 0. The summed E-state index contributed by atoms with van der Waals surface area (Å²) in [6, 6.07) is 8.47. The SMILES string of the molecule is O=C(COc1c[nH]c2ccccc12)N1CCCC2CCCCC21.[HH]. The Bertz CT molecular complexity index is 697. The van der Waals surface area contributed by atoms with Gasteiger partial charge in [0.25, 0.3) is 5.91 Å². The highest BCUT2D eigenvalue weighted by atomic mass is 16.5. The molecule has 1 aliphatic carbocycles. The number of fused-ring (bicyclic) bond motifs is 2. The molecule has 2 aliphatic rings.